The van der Waals surface area contributed by atoms with Crippen molar-refractivity contribution >= 4 is 21.6 Å². The lowest BCUT2D eigenvalue weighted by atomic mass is 10.2. The SMILES string of the molecule is CCCOc1cccc(NC(=O)c2ccc(S(=O)(=O)N(C)C(C)C)cc2)c1. The number of ether oxygens (including phenoxy) is 1. The van der Waals surface area contributed by atoms with Crippen molar-refractivity contribution in [1.82, 2.24) is 4.31 Å². The summed E-state index contributed by atoms with van der Waals surface area (Å²) in [5, 5.41) is 2.80. The molecule has 0 heterocycles. The summed E-state index contributed by atoms with van der Waals surface area (Å²) in [4.78, 5) is 12.6. The first-order valence-electron chi connectivity index (χ1n) is 8.88. The third kappa shape index (κ3) is 5.30. The quantitative estimate of drug-likeness (QED) is 0.745. The fourth-order valence-corrected chi connectivity index (χ4v) is 3.68. The Balaban J connectivity index is 2.12. The molecule has 0 saturated heterocycles. The number of benzene rings is 2. The van der Waals surface area contributed by atoms with Crippen molar-refractivity contribution in [1.29, 1.82) is 0 Å². The average molecular weight is 391 g/mol. The van der Waals surface area contributed by atoms with Gasteiger partial charge in [-0.05, 0) is 56.7 Å². The molecular formula is C20H26N2O4S. The van der Waals surface area contributed by atoms with Crippen LogP contribution in [0.3, 0.4) is 0 Å². The third-order valence-corrected chi connectivity index (χ3v) is 6.13. The first-order valence-corrected chi connectivity index (χ1v) is 10.3. The summed E-state index contributed by atoms with van der Waals surface area (Å²) in [5.74, 6) is 0.372. The van der Waals surface area contributed by atoms with Gasteiger partial charge in [0.05, 0.1) is 11.5 Å². The molecule has 0 unspecified atom stereocenters. The van der Waals surface area contributed by atoms with Crippen LogP contribution in [0.25, 0.3) is 0 Å². The number of amides is 1. The van der Waals surface area contributed by atoms with Gasteiger partial charge in [0.1, 0.15) is 5.75 Å². The van der Waals surface area contributed by atoms with E-state index < -0.39 is 10.0 Å². The third-order valence-electron chi connectivity index (χ3n) is 4.09. The van der Waals surface area contributed by atoms with Crippen LogP contribution in [0.5, 0.6) is 5.75 Å². The van der Waals surface area contributed by atoms with Crippen LogP contribution in [0.2, 0.25) is 0 Å². The predicted octanol–water partition coefficient (Wildman–Crippen LogP) is 3.76. The van der Waals surface area contributed by atoms with E-state index in [-0.39, 0.29) is 16.8 Å². The smallest absolute Gasteiger partial charge is 0.255 e. The molecule has 1 N–H and O–H groups in total. The molecule has 0 aliphatic carbocycles. The van der Waals surface area contributed by atoms with Gasteiger partial charge in [-0.15, -0.1) is 0 Å². The number of anilines is 1. The van der Waals surface area contributed by atoms with Gasteiger partial charge in [0.15, 0.2) is 0 Å². The van der Waals surface area contributed by atoms with Crippen LogP contribution < -0.4 is 10.1 Å². The molecule has 0 saturated carbocycles. The molecule has 146 valence electrons. The van der Waals surface area contributed by atoms with Crippen LogP contribution >= 0.6 is 0 Å². The van der Waals surface area contributed by atoms with Gasteiger partial charge < -0.3 is 10.1 Å². The number of hydrogen-bond acceptors (Lipinski definition) is 4. The van der Waals surface area contributed by atoms with Crippen LogP contribution in [0, 0.1) is 0 Å². The van der Waals surface area contributed by atoms with Crippen molar-refractivity contribution in [3.05, 3.63) is 54.1 Å². The van der Waals surface area contributed by atoms with E-state index in [4.69, 9.17) is 4.74 Å². The minimum absolute atomic E-state index is 0.153. The van der Waals surface area contributed by atoms with Gasteiger partial charge in [-0.25, -0.2) is 8.42 Å². The van der Waals surface area contributed by atoms with Crippen molar-refractivity contribution in [3.8, 4) is 5.75 Å². The number of nitrogens with one attached hydrogen (secondary N) is 1. The van der Waals surface area contributed by atoms with E-state index in [2.05, 4.69) is 5.32 Å². The minimum Gasteiger partial charge on any atom is -0.494 e. The number of carbonyl (C=O) groups excluding carboxylic acids is 1. The van der Waals surface area contributed by atoms with Gasteiger partial charge in [0.2, 0.25) is 10.0 Å². The summed E-state index contributed by atoms with van der Waals surface area (Å²) in [6, 6.07) is 12.9. The summed E-state index contributed by atoms with van der Waals surface area (Å²) in [7, 11) is -2.03. The highest BCUT2D eigenvalue weighted by Crippen LogP contribution is 2.20. The molecule has 0 radical (unpaired) electrons. The molecule has 0 aliphatic heterocycles. The Hall–Kier alpha value is -2.38. The molecule has 2 aromatic rings. The highest BCUT2D eigenvalue weighted by molar-refractivity contribution is 7.89. The van der Waals surface area contributed by atoms with E-state index in [0.29, 0.717) is 23.6 Å². The number of sulfonamides is 1. The van der Waals surface area contributed by atoms with E-state index >= 15 is 0 Å². The van der Waals surface area contributed by atoms with Crippen molar-refractivity contribution in [2.45, 2.75) is 38.1 Å². The van der Waals surface area contributed by atoms with Crippen molar-refractivity contribution in [2.24, 2.45) is 0 Å². The van der Waals surface area contributed by atoms with Gasteiger partial charge in [0.25, 0.3) is 5.91 Å². The summed E-state index contributed by atoms with van der Waals surface area (Å²) in [6.07, 6.45) is 0.901. The second-order valence-electron chi connectivity index (χ2n) is 6.47. The van der Waals surface area contributed by atoms with Gasteiger partial charge in [-0.1, -0.05) is 13.0 Å². The van der Waals surface area contributed by atoms with E-state index in [1.165, 1.54) is 35.6 Å². The highest BCUT2D eigenvalue weighted by Gasteiger charge is 2.23. The minimum atomic E-state index is -3.57. The van der Waals surface area contributed by atoms with E-state index in [0.717, 1.165) is 6.42 Å². The zero-order valence-electron chi connectivity index (χ0n) is 16.1. The van der Waals surface area contributed by atoms with E-state index in [1.54, 1.807) is 32.0 Å². The largest absolute Gasteiger partial charge is 0.494 e. The number of nitrogens with zero attached hydrogens (tertiary/aromatic N) is 1. The zero-order chi connectivity index (χ0) is 20.0. The molecule has 0 bridgehead atoms. The van der Waals surface area contributed by atoms with Crippen molar-refractivity contribution in [2.75, 3.05) is 19.0 Å². The zero-order valence-corrected chi connectivity index (χ0v) is 16.9. The Morgan fingerprint density at radius 1 is 1.15 bits per heavy atom. The molecule has 0 aliphatic rings. The molecule has 0 fully saturated rings. The lowest BCUT2D eigenvalue weighted by Gasteiger charge is -2.21. The number of carbonyl (C=O) groups is 1. The van der Waals surface area contributed by atoms with Gasteiger partial charge in [-0.2, -0.15) is 4.31 Å². The second kappa shape index (κ2) is 9.01. The molecule has 7 heteroatoms. The maximum absolute atomic E-state index is 12.5. The van der Waals surface area contributed by atoms with Crippen molar-refractivity contribution in [3.63, 3.8) is 0 Å². The lowest BCUT2D eigenvalue weighted by Crippen LogP contribution is -2.33. The maximum atomic E-state index is 12.5. The first-order chi connectivity index (χ1) is 12.8. The first kappa shape index (κ1) is 20.9. The predicted molar refractivity (Wildman–Crippen MR) is 107 cm³/mol. The van der Waals surface area contributed by atoms with Crippen LogP contribution in [0.1, 0.15) is 37.6 Å². The topological polar surface area (TPSA) is 75.7 Å². The van der Waals surface area contributed by atoms with Crippen LogP contribution in [-0.4, -0.2) is 38.3 Å². The van der Waals surface area contributed by atoms with Crippen LogP contribution in [-0.2, 0) is 10.0 Å². The molecule has 27 heavy (non-hydrogen) atoms. The highest BCUT2D eigenvalue weighted by atomic mass is 32.2. The van der Waals surface area contributed by atoms with Gasteiger partial charge in [-0.3, -0.25) is 4.79 Å². The molecular weight excluding hydrogens is 364 g/mol. The summed E-state index contributed by atoms with van der Waals surface area (Å²) >= 11 is 0. The molecule has 0 spiro atoms. The standard InChI is InChI=1S/C20H26N2O4S/c1-5-13-26-18-8-6-7-17(14-18)21-20(23)16-9-11-19(12-10-16)27(24,25)22(4)15(2)3/h6-12,14-15H,5,13H2,1-4H3,(H,21,23). The Kier molecular flexibility index (Phi) is 6.98. The number of hydrogen-bond donors (Lipinski definition) is 1. The van der Waals surface area contributed by atoms with Crippen molar-refractivity contribution < 1.29 is 17.9 Å². The maximum Gasteiger partial charge on any atom is 0.255 e. The normalized spacial score (nSPS) is 11.6. The fraction of sp³-hybridized carbons (Fsp3) is 0.350. The molecule has 1 amide bonds. The van der Waals surface area contributed by atoms with E-state index in [9.17, 15) is 13.2 Å². The molecule has 2 aromatic carbocycles. The van der Waals surface area contributed by atoms with Crippen LogP contribution in [0.15, 0.2) is 53.4 Å². The molecule has 0 atom stereocenters. The Morgan fingerprint density at radius 2 is 1.81 bits per heavy atom. The Morgan fingerprint density at radius 3 is 2.41 bits per heavy atom. The van der Waals surface area contributed by atoms with Gasteiger partial charge in [0, 0.05) is 30.4 Å². The Bertz CT molecular complexity index is 877. The van der Waals surface area contributed by atoms with Gasteiger partial charge >= 0.3 is 0 Å². The summed E-state index contributed by atoms with van der Waals surface area (Å²) < 4.78 is 31.8. The fourth-order valence-electron chi connectivity index (χ4n) is 2.31. The summed E-state index contributed by atoms with van der Waals surface area (Å²) in [5.41, 5.74) is 0.992. The van der Waals surface area contributed by atoms with E-state index in [1.807, 2.05) is 13.0 Å². The lowest BCUT2D eigenvalue weighted by molar-refractivity contribution is 0.102. The molecule has 2 rings (SSSR count). The molecule has 0 aromatic heterocycles. The monoisotopic (exact) mass is 390 g/mol. The number of rotatable bonds is 8. The summed E-state index contributed by atoms with van der Waals surface area (Å²) in [6.45, 7) is 6.24. The molecule has 6 nitrogen and oxygen atoms in total. The van der Waals surface area contributed by atoms with Crippen LogP contribution in [0.4, 0.5) is 5.69 Å². The Labute approximate surface area is 161 Å². The second-order valence-corrected chi connectivity index (χ2v) is 8.47. The average Bonchev–Trinajstić information content (AvgIpc) is 2.66.